The molecule has 0 aliphatic carbocycles. The van der Waals surface area contributed by atoms with Crippen molar-refractivity contribution in [2.75, 3.05) is 13.7 Å². The Balaban J connectivity index is 1.50. The van der Waals surface area contributed by atoms with E-state index in [1.807, 2.05) is 42.5 Å². The van der Waals surface area contributed by atoms with Crippen LogP contribution in [0.1, 0.15) is 27.9 Å². The van der Waals surface area contributed by atoms with E-state index >= 15 is 0 Å². The number of hydrogen-bond donors (Lipinski definition) is 0. The molecule has 0 radical (unpaired) electrons. The van der Waals surface area contributed by atoms with Crippen LogP contribution in [0.3, 0.4) is 0 Å². The van der Waals surface area contributed by atoms with Gasteiger partial charge in [0.2, 0.25) is 0 Å². The Kier molecular flexibility index (Phi) is 6.71. The van der Waals surface area contributed by atoms with Gasteiger partial charge in [-0.05, 0) is 65.7 Å². The number of amides is 1. The number of oxime groups is 1. The first kappa shape index (κ1) is 21.8. The van der Waals surface area contributed by atoms with Crippen molar-refractivity contribution >= 4 is 23.2 Å². The van der Waals surface area contributed by atoms with Gasteiger partial charge in [0.05, 0.1) is 19.4 Å². The fraction of sp³-hybridized carbons (Fsp3) is 0.200. The third-order valence-electron chi connectivity index (χ3n) is 5.20. The fourth-order valence-electron chi connectivity index (χ4n) is 3.61. The minimum atomic E-state index is -0.458. The molecule has 7 heteroatoms. The second-order valence-corrected chi connectivity index (χ2v) is 7.96. The van der Waals surface area contributed by atoms with Crippen molar-refractivity contribution in [3.05, 3.63) is 100 Å². The molecule has 5 nitrogen and oxygen atoms in total. The van der Waals surface area contributed by atoms with E-state index in [1.165, 1.54) is 18.2 Å². The number of ether oxygens (including phenoxy) is 1. The summed E-state index contributed by atoms with van der Waals surface area (Å²) in [6.45, 7) is 0.610. The monoisotopic (exact) mass is 452 g/mol. The van der Waals surface area contributed by atoms with Crippen LogP contribution in [0, 0.1) is 5.82 Å². The third-order valence-corrected chi connectivity index (χ3v) is 5.44. The highest BCUT2D eigenvalue weighted by Gasteiger charge is 2.27. The third kappa shape index (κ3) is 5.26. The lowest BCUT2D eigenvalue weighted by Gasteiger charge is -2.25. The van der Waals surface area contributed by atoms with Crippen LogP contribution >= 0.6 is 11.6 Å². The lowest BCUT2D eigenvalue weighted by molar-refractivity contribution is 0.0405. The molecule has 1 aliphatic rings. The molecule has 0 unspecified atom stereocenters. The van der Waals surface area contributed by atoms with E-state index in [0.29, 0.717) is 24.5 Å². The number of hydrogen-bond acceptors (Lipinski definition) is 4. The first-order valence-electron chi connectivity index (χ1n) is 10.2. The van der Waals surface area contributed by atoms with Gasteiger partial charge >= 0.3 is 0 Å². The molecular weight excluding hydrogens is 431 g/mol. The second-order valence-electron chi connectivity index (χ2n) is 7.52. The van der Waals surface area contributed by atoms with Gasteiger partial charge in [-0.25, -0.2) is 4.39 Å². The minimum Gasteiger partial charge on any atom is -0.497 e. The summed E-state index contributed by atoms with van der Waals surface area (Å²) >= 11 is 6.12. The summed E-state index contributed by atoms with van der Waals surface area (Å²) in [5, 5.41) is 4.81. The largest absolute Gasteiger partial charge is 0.497 e. The lowest BCUT2D eigenvalue weighted by Crippen LogP contribution is -2.37. The molecule has 1 aliphatic heterocycles. The Morgan fingerprint density at radius 1 is 1.16 bits per heavy atom. The molecule has 1 heterocycles. The van der Waals surface area contributed by atoms with Gasteiger partial charge in [-0.1, -0.05) is 35.0 Å². The highest BCUT2D eigenvalue weighted by molar-refractivity contribution is 6.30. The van der Waals surface area contributed by atoms with Crippen molar-refractivity contribution in [1.29, 1.82) is 0 Å². The summed E-state index contributed by atoms with van der Waals surface area (Å²) in [7, 11) is 1.62. The van der Waals surface area contributed by atoms with E-state index < -0.39 is 5.82 Å². The topological polar surface area (TPSA) is 51.1 Å². The van der Waals surface area contributed by atoms with Crippen molar-refractivity contribution in [3.63, 3.8) is 0 Å². The average molecular weight is 453 g/mol. The summed E-state index contributed by atoms with van der Waals surface area (Å²) < 4.78 is 18.9. The highest BCUT2D eigenvalue weighted by atomic mass is 35.5. The smallest absolute Gasteiger partial charge is 0.254 e. The van der Waals surface area contributed by atoms with E-state index in [-0.39, 0.29) is 17.6 Å². The van der Waals surface area contributed by atoms with Gasteiger partial charge in [0.25, 0.3) is 5.91 Å². The number of nitrogens with zero attached hydrogens (tertiary/aromatic N) is 2. The second kappa shape index (κ2) is 9.83. The van der Waals surface area contributed by atoms with E-state index in [9.17, 15) is 9.18 Å². The maximum absolute atomic E-state index is 13.7. The number of carbonyl (C=O) groups is 1. The van der Waals surface area contributed by atoms with Crippen molar-refractivity contribution in [3.8, 4) is 5.75 Å². The van der Waals surface area contributed by atoms with Gasteiger partial charge in [0, 0.05) is 23.6 Å². The number of benzene rings is 3. The molecule has 0 N–H and O–H groups in total. The molecule has 3 aromatic carbocycles. The number of halogens is 2. The van der Waals surface area contributed by atoms with Gasteiger partial charge in [-0.2, -0.15) is 0 Å². The van der Waals surface area contributed by atoms with E-state index in [4.69, 9.17) is 21.2 Å². The molecule has 0 spiro atoms. The predicted octanol–water partition coefficient (Wildman–Crippen LogP) is 5.32. The highest BCUT2D eigenvalue weighted by Crippen LogP contribution is 2.22. The molecule has 4 rings (SSSR count). The summed E-state index contributed by atoms with van der Waals surface area (Å²) in [5.41, 5.74) is 2.89. The number of carbonyl (C=O) groups excluding carboxylic acids is 1. The van der Waals surface area contributed by atoms with E-state index in [0.717, 1.165) is 22.6 Å². The maximum Gasteiger partial charge on any atom is 0.254 e. The van der Waals surface area contributed by atoms with Crippen molar-refractivity contribution in [2.45, 2.75) is 19.1 Å². The molecule has 0 saturated carbocycles. The fourth-order valence-corrected chi connectivity index (χ4v) is 3.82. The molecular formula is C25H22ClFN2O3. The van der Waals surface area contributed by atoms with Crippen molar-refractivity contribution in [1.82, 2.24) is 4.90 Å². The zero-order valence-electron chi connectivity index (χ0n) is 17.5. The normalized spacial score (nSPS) is 15.1. The number of methoxy groups -OCH3 is 1. The van der Waals surface area contributed by atoms with Crippen molar-refractivity contribution < 1.29 is 18.8 Å². The molecule has 164 valence electrons. The molecule has 1 atom stereocenters. The Labute approximate surface area is 191 Å². The summed E-state index contributed by atoms with van der Waals surface area (Å²) in [4.78, 5) is 20.5. The molecule has 0 aromatic heterocycles. The Hall–Kier alpha value is -3.38. The molecule has 0 bridgehead atoms. The van der Waals surface area contributed by atoms with E-state index in [2.05, 4.69) is 5.16 Å². The van der Waals surface area contributed by atoms with Crippen LogP contribution < -0.4 is 4.74 Å². The summed E-state index contributed by atoms with van der Waals surface area (Å²) in [6.07, 6.45) is 0.234. The van der Waals surface area contributed by atoms with Gasteiger partial charge in [-0.3, -0.25) is 4.79 Å². The van der Waals surface area contributed by atoms with E-state index in [1.54, 1.807) is 24.1 Å². The van der Waals surface area contributed by atoms with Crippen LogP contribution in [0.5, 0.6) is 5.75 Å². The van der Waals surface area contributed by atoms with Gasteiger partial charge < -0.3 is 14.5 Å². The van der Waals surface area contributed by atoms with Crippen LogP contribution in [0.25, 0.3) is 0 Å². The molecule has 0 saturated heterocycles. The zero-order chi connectivity index (χ0) is 22.5. The predicted molar refractivity (Wildman–Crippen MR) is 122 cm³/mol. The quantitative estimate of drug-likeness (QED) is 0.487. The molecule has 1 amide bonds. The van der Waals surface area contributed by atoms with Crippen LogP contribution in [0.4, 0.5) is 4.39 Å². The van der Waals surface area contributed by atoms with Crippen molar-refractivity contribution in [2.24, 2.45) is 5.16 Å². The first-order chi connectivity index (χ1) is 15.5. The summed E-state index contributed by atoms with van der Waals surface area (Å²) in [6, 6.07) is 20.6. The molecule has 0 fully saturated rings. The maximum atomic E-state index is 13.7. The number of rotatable bonds is 7. The van der Waals surface area contributed by atoms with Gasteiger partial charge in [0.15, 0.2) is 6.10 Å². The Morgan fingerprint density at radius 3 is 2.66 bits per heavy atom. The lowest BCUT2D eigenvalue weighted by atomic mass is 10.0. The average Bonchev–Trinajstić information content (AvgIpc) is 3.27. The standard InChI is InChI=1S/C25H22ClFN2O3/c1-31-22-10-8-18(9-11-22)24-14-23(32-28-24)16-29(15-17-4-2-6-20(26)12-17)25(30)19-5-3-7-21(27)13-19/h2-13,23H,14-16H2,1H3/t23-/m0/s1. The minimum absolute atomic E-state index is 0.279. The van der Waals surface area contributed by atoms with Crippen LogP contribution in [0.2, 0.25) is 5.02 Å². The SMILES string of the molecule is COc1ccc(C2=NO[C@H](CN(Cc3cccc(Cl)c3)C(=O)c3cccc(F)c3)C2)cc1. The Bertz CT molecular complexity index is 1130. The summed E-state index contributed by atoms with van der Waals surface area (Å²) in [5.74, 6) is 0.0185. The van der Waals surface area contributed by atoms with Gasteiger partial charge in [-0.15, -0.1) is 0 Å². The molecule has 3 aromatic rings. The van der Waals surface area contributed by atoms with Crippen LogP contribution in [-0.4, -0.2) is 36.3 Å². The van der Waals surface area contributed by atoms with Crippen LogP contribution in [0.15, 0.2) is 78.0 Å². The van der Waals surface area contributed by atoms with Crippen LogP contribution in [-0.2, 0) is 11.4 Å². The molecule has 32 heavy (non-hydrogen) atoms. The Morgan fingerprint density at radius 2 is 1.94 bits per heavy atom. The van der Waals surface area contributed by atoms with Gasteiger partial charge in [0.1, 0.15) is 11.6 Å². The zero-order valence-corrected chi connectivity index (χ0v) is 18.3. The first-order valence-corrected chi connectivity index (χ1v) is 10.6.